The van der Waals surface area contributed by atoms with E-state index in [0.29, 0.717) is 5.75 Å². The number of thioether (sulfide) groups is 1. The van der Waals surface area contributed by atoms with E-state index in [4.69, 9.17) is 4.74 Å². The molecule has 0 aliphatic heterocycles. The number of ether oxygens (including phenoxy) is 1. The van der Waals surface area contributed by atoms with Gasteiger partial charge in [-0.1, -0.05) is 11.8 Å². The van der Waals surface area contributed by atoms with Crippen LogP contribution in [0.15, 0.2) is 46.0 Å². The molecule has 104 valence electrons. The third-order valence-electron chi connectivity index (χ3n) is 2.53. The molecule has 6 heteroatoms. The average molecular weight is 356 g/mol. The molecule has 0 bridgehead atoms. The van der Waals surface area contributed by atoms with E-state index in [1.54, 1.807) is 12.3 Å². The molecule has 20 heavy (non-hydrogen) atoms. The van der Waals surface area contributed by atoms with Gasteiger partial charge in [0.25, 0.3) is 0 Å². The lowest BCUT2D eigenvalue weighted by Crippen LogP contribution is -2.06. The minimum Gasteiger partial charge on any atom is -0.496 e. The Kier molecular flexibility index (Phi) is 5.14. The number of rotatable bonds is 5. The first-order valence-corrected chi connectivity index (χ1v) is 7.49. The van der Waals surface area contributed by atoms with Crippen LogP contribution in [0.5, 0.6) is 5.75 Å². The zero-order valence-electron chi connectivity index (χ0n) is 10.6. The molecule has 0 radical (unpaired) electrons. The van der Waals surface area contributed by atoms with Crippen LogP contribution in [0, 0.1) is 5.82 Å². The lowest BCUT2D eigenvalue weighted by molar-refractivity contribution is 0.101. The number of aromatic nitrogens is 1. The summed E-state index contributed by atoms with van der Waals surface area (Å²) >= 11 is 4.65. The van der Waals surface area contributed by atoms with Crippen LogP contribution >= 0.6 is 27.7 Å². The fraction of sp³-hybridized carbons (Fsp3) is 0.143. The van der Waals surface area contributed by atoms with Crippen LogP contribution in [-0.4, -0.2) is 23.6 Å². The number of benzene rings is 1. The van der Waals surface area contributed by atoms with E-state index in [9.17, 15) is 9.18 Å². The van der Waals surface area contributed by atoms with Gasteiger partial charge < -0.3 is 4.74 Å². The molecule has 2 aromatic rings. The molecule has 0 unspecified atom stereocenters. The summed E-state index contributed by atoms with van der Waals surface area (Å²) in [5.74, 6) is -0.130. The van der Waals surface area contributed by atoms with Crippen LogP contribution in [-0.2, 0) is 0 Å². The summed E-state index contributed by atoms with van der Waals surface area (Å²) in [5.41, 5.74) is 0.243. The highest BCUT2D eigenvalue weighted by molar-refractivity contribution is 9.10. The van der Waals surface area contributed by atoms with E-state index in [-0.39, 0.29) is 17.1 Å². The molecule has 0 saturated heterocycles. The van der Waals surface area contributed by atoms with Crippen LogP contribution in [0.1, 0.15) is 10.4 Å². The third kappa shape index (κ3) is 3.58. The summed E-state index contributed by atoms with van der Waals surface area (Å²) in [5, 5.41) is 0.719. The van der Waals surface area contributed by atoms with Crippen molar-refractivity contribution in [2.45, 2.75) is 5.03 Å². The fourth-order valence-corrected chi connectivity index (χ4v) is 2.95. The predicted molar refractivity (Wildman–Crippen MR) is 79.9 cm³/mol. The molecule has 0 saturated carbocycles. The Morgan fingerprint density at radius 3 is 2.95 bits per heavy atom. The largest absolute Gasteiger partial charge is 0.496 e. The quantitative estimate of drug-likeness (QED) is 0.600. The van der Waals surface area contributed by atoms with E-state index in [1.807, 2.05) is 6.07 Å². The molecule has 3 nitrogen and oxygen atoms in total. The Bertz CT molecular complexity index is 636. The smallest absolute Gasteiger partial charge is 0.176 e. The molecule has 0 N–H and O–H groups in total. The van der Waals surface area contributed by atoms with Crippen molar-refractivity contribution in [1.29, 1.82) is 0 Å². The standard InChI is InChI=1S/C14H11BrFNO2S/c1-19-13-5-4-9(16)7-10(13)12(18)8-20-14-11(15)3-2-6-17-14/h2-7H,8H2,1H3. The van der Waals surface area contributed by atoms with E-state index in [1.165, 1.54) is 37.1 Å². The Morgan fingerprint density at radius 1 is 1.45 bits per heavy atom. The molecule has 0 spiro atoms. The van der Waals surface area contributed by atoms with Crippen LogP contribution < -0.4 is 4.74 Å². The van der Waals surface area contributed by atoms with Gasteiger partial charge in [-0.15, -0.1) is 0 Å². The van der Waals surface area contributed by atoms with E-state index < -0.39 is 5.82 Å². The first kappa shape index (κ1) is 15.0. The van der Waals surface area contributed by atoms with Gasteiger partial charge in [0.15, 0.2) is 5.78 Å². The third-order valence-corrected chi connectivity index (χ3v) is 4.43. The SMILES string of the molecule is COc1ccc(F)cc1C(=O)CSc1ncccc1Br. The topological polar surface area (TPSA) is 39.2 Å². The Balaban J connectivity index is 2.13. The van der Waals surface area contributed by atoms with Crippen LogP contribution in [0.25, 0.3) is 0 Å². The number of pyridine rings is 1. The summed E-state index contributed by atoms with van der Waals surface area (Å²) in [6.45, 7) is 0. The average Bonchev–Trinajstić information content (AvgIpc) is 2.46. The summed E-state index contributed by atoms with van der Waals surface area (Å²) < 4.78 is 19.1. The first-order valence-electron chi connectivity index (χ1n) is 5.72. The van der Waals surface area contributed by atoms with Crippen molar-refractivity contribution in [1.82, 2.24) is 4.98 Å². The zero-order chi connectivity index (χ0) is 14.5. The zero-order valence-corrected chi connectivity index (χ0v) is 13.0. The highest BCUT2D eigenvalue weighted by Gasteiger charge is 2.14. The van der Waals surface area contributed by atoms with Crippen molar-refractivity contribution in [3.05, 3.63) is 52.4 Å². The van der Waals surface area contributed by atoms with Gasteiger partial charge in [-0.3, -0.25) is 4.79 Å². The molecule has 0 atom stereocenters. The second-order valence-corrected chi connectivity index (χ2v) is 5.67. The normalized spacial score (nSPS) is 10.3. The minimum atomic E-state index is -0.460. The number of carbonyl (C=O) groups is 1. The van der Waals surface area contributed by atoms with Gasteiger partial charge in [0.1, 0.15) is 16.6 Å². The van der Waals surface area contributed by atoms with Crippen LogP contribution in [0.3, 0.4) is 0 Å². The Morgan fingerprint density at radius 2 is 2.25 bits per heavy atom. The number of hydrogen-bond acceptors (Lipinski definition) is 4. The predicted octanol–water partition coefficient (Wildman–Crippen LogP) is 3.97. The van der Waals surface area contributed by atoms with Gasteiger partial charge in [0.05, 0.1) is 18.4 Å². The van der Waals surface area contributed by atoms with Gasteiger partial charge in [-0.25, -0.2) is 9.37 Å². The lowest BCUT2D eigenvalue weighted by Gasteiger charge is -2.07. The van der Waals surface area contributed by atoms with E-state index in [2.05, 4.69) is 20.9 Å². The molecule has 0 aliphatic rings. The summed E-state index contributed by atoms with van der Waals surface area (Å²) in [6.07, 6.45) is 1.65. The number of ketones is 1. The van der Waals surface area contributed by atoms with Gasteiger partial charge in [-0.05, 0) is 46.3 Å². The highest BCUT2D eigenvalue weighted by atomic mass is 79.9. The maximum absolute atomic E-state index is 13.2. The molecule has 0 amide bonds. The van der Waals surface area contributed by atoms with Gasteiger partial charge in [0.2, 0.25) is 0 Å². The molecular formula is C14H11BrFNO2S. The van der Waals surface area contributed by atoms with Crippen molar-refractivity contribution >= 4 is 33.5 Å². The lowest BCUT2D eigenvalue weighted by atomic mass is 10.1. The Labute approximate surface area is 128 Å². The number of halogens is 2. The van der Waals surface area contributed by atoms with Gasteiger partial charge in [0, 0.05) is 10.7 Å². The molecule has 0 fully saturated rings. The van der Waals surface area contributed by atoms with E-state index >= 15 is 0 Å². The van der Waals surface area contributed by atoms with Crippen LogP contribution in [0.4, 0.5) is 4.39 Å². The van der Waals surface area contributed by atoms with Gasteiger partial charge in [-0.2, -0.15) is 0 Å². The van der Waals surface area contributed by atoms with Crippen molar-refractivity contribution in [2.24, 2.45) is 0 Å². The molecule has 0 aliphatic carbocycles. The molecule has 2 rings (SSSR count). The number of Topliss-reactive ketones (excluding diaryl/α,β-unsaturated/α-hetero) is 1. The molecule has 1 aromatic carbocycles. The van der Waals surface area contributed by atoms with Crippen LogP contribution in [0.2, 0.25) is 0 Å². The maximum Gasteiger partial charge on any atom is 0.176 e. The second-order valence-electron chi connectivity index (χ2n) is 3.85. The van der Waals surface area contributed by atoms with E-state index in [0.717, 1.165) is 9.50 Å². The Hall–Kier alpha value is -1.40. The molecule has 1 aromatic heterocycles. The highest BCUT2D eigenvalue weighted by Crippen LogP contribution is 2.27. The minimum absolute atomic E-state index is 0.162. The summed E-state index contributed by atoms with van der Waals surface area (Å²) in [7, 11) is 1.45. The number of hydrogen-bond donors (Lipinski definition) is 0. The maximum atomic E-state index is 13.2. The molecule has 1 heterocycles. The number of nitrogens with zero attached hydrogens (tertiary/aromatic N) is 1. The summed E-state index contributed by atoms with van der Waals surface area (Å²) in [6, 6.07) is 7.55. The van der Waals surface area contributed by atoms with Crippen molar-refractivity contribution < 1.29 is 13.9 Å². The number of methoxy groups -OCH3 is 1. The summed E-state index contributed by atoms with van der Waals surface area (Å²) in [4.78, 5) is 16.3. The number of carbonyl (C=O) groups excluding carboxylic acids is 1. The fourth-order valence-electron chi connectivity index (χ4n) is 1.59. The molecular weight excluding hydrogens is 345 g/mol. The second kappa shape index (κ2) is 6.85. The van der Waals surface area contributed by atoms with Crippen molar-refractivity contribution in [3.63, 3.8) is 0 Å². The van der Waals surface area contributed by atoms with Crippen molar-refractivity contribution in [3.8, 4) is 5.75 Å². The monoisotopic (exact) mass is 355 g/mol. The van der Waals surface area contributed by atoms with Crippen molar-refractivity contribution in [2.75, 3.05) is 12.9 Å². The van der Waals surface area contributed by atoms with Gasteiger partial charge >= 0.3 is 0 Å². The first-order chi connectivity index (χ1) is 9.61.